The van der Waals surface area contributed by atoms with Crippen LogP contribution in [0.5, 0.6) is 5.75 Å². The molecule has 0 saturated carbocycles. The van der Waals surface area contributed by atoms with Crippen molar-refractivity contribution in [1.82, 2.24) is 0 Å². The second-order valence-electron chi connectivity index (χ2n) is 6.17. The quantitative estimate of drug-likeness (QED) is 0.333. The number of rotatable bonds is 5. The smallest absolute Gasteiger partial charge is 0.340 e. The van der Waals surface area contributed by atoms with Gasteiger partial charge in [-0.1, -0.05) is 24.3 Å². The van der Waals surface area contributed by atoms with Crippen LogP contribution in [0.2, 0.25) is 0 Å². The van der Waals surface area contributed by atoms with E-state index in [2.05, 4.69) is 0 Å². The lowest BCUT2D eigenvalue weighted by Gasteiger charge is -2.17. The third kappa shape index (κ3) is 3.60. The Balaban J connectivity index is 2.15. The van der Waals surface area contributed by atoms with Crippen molar-refractivity contribution in [2.75, 3.05) is 19.1 Å². The van der Waals surface area contributed by atoms with E-state index in [1.165, 1.54) is 37.3 Å². The molecule has 1 amide bonds. The summed E-state index contributed by atoms with van der Waals surface area (Å²) in [5.41, 5.74) is 1.36. The number of esters is 1. The lowest BCUT2D eigenvalue weighted by Crippen LogP contribution is -2.24. The van der Waals surface area contributed by atoms with Gasteiger partial charge in [0.25, 0.3) is 5.91 Å². The number of methoxy groups -OCH3 is 2. The summed E-state index contributed by atoms with van der Waals surface area (Å²) < 4.78 is 9.86. The largest absolute Gasteiger partial charge is 0.490 e. The highest BCUT2D eigenvalue weighted by atomic mass is 16.6. The van der Waals surface area contributed by atoms with Crippen LogP contribution in [0.25, 0.3) is 6.08 Å². The van der Waals surface area contributed by atoms with Crippen molar-refractivity contribution in [3.05, 3.63) is 81.1 Å². The van der Waals surface area contributed by atoms with E-state index in [-0.39, 0.29) is 22.6 Å². The van der Waals surface area contributed by atoms with Crippen LogP contribution < -0.4 is 9.64 Å². The van der Waals surface area contributed by atoms with Crippen molar-refractivity contribution in [2.24, 2.45) is 0 Å². The lowest BCUT2D eigenvalue weighted by atomic mass is 10.0. The summed E-state index contributed by atoms with van der Waals surface area (Å²) in [4.78, 5) is 37.7. The molecule has 148 valence electrons. The highest BCUT2D eigenvalue weighted by molar-refractivity contribution is 6.23. The first-order valence-electron chi connectivity index (χ1n) is 8.62. The number of benzene rings is 2. The molecular formula is C21H18N2O6. The van der Waals surface area contributed by atoms with Gasteiger partial charge in [-0.3, -0.25) is 19.8 Å². The molecule has 0 unspecified atom stereocenters. The van der Waals surface area contributed by atoms with Crippen molar-refractivity contribution in [2.45, 2.75) is 6.92 Å². The van der Waals surface area contributed by atoms with E-state index < -0.39 is 16.8 Å². The summed E-state index contributed by atoms with van der Waals surface area (Å²) in [7, 11) is 2.56. The maximum atomic E-state index is 13.1. The molecule has 29 heavy (non-hydrogen) atoms. The van der Waals surface area contributed by atoms with Crippen LogP contribution in [0.3, 0.4) is 0 Å². The van der Waals surface area contributed by atoms with E-state index >= 15 is 0 Å². The minimum absolute atomic E-state index is 0.0951. The third-order valence-corrected chi connectivity index (χ3v) is 4.51. The zero-order chi connectivity index (χ0) is 21.1. The van der Waals surface area contributed by atoms with Crippen LogP contribution in [0, 0.1) is 10.1 Å². The fourth-order valence-corrected chi connectivity index (χ4v) is 3.17. The minimum Gasteiger partial charge on any atom is -0.490 e. The number of hydrogen-bond acceptors (Lipinski definition) is 6. The second kappa shape index (κ2) is 7.97. The summed E-state index contributed by atoms with van der Waals surface area (Å²) in [5.74, 6) is -0.989. The first-order chi connectivity index (χ1) is 13.9. The zero-order valence-corrected chi connectivity index (χ0v) is 16.0. The fraction of sp³-hybridized carbons (Fsp3) is 0.143. The molecule has 0 saturated heterocycles. The number of hydrogen-bond donors (Lipinski definition) is 0. The van der Waals surface area contributed by atoms with Crippen molar-refractivity contribution in [1.29, 1.82) is 0 Å². The van der Waals surface area contributed by atoms with Gasteiger partial charge in [0, 0.05) is 17.5 Å². The molecule has 0 N–H and O–H groups in total. The van der Waals surface area contributed by atoms with E-state index in [9.17, 15) is 19.7 Å². The zero-order valence-electron chi connectivity index (χ0n) is 16.0. The average Bonchev–Trinajstić information content (AvgIpc) is 2.97. The molecule has 8 nitrogen and oxygen atoms in total. The van der Waals surface area contributed by atoms with Crippen LogP contribution in [-0.2, 0) is 14.3 Å². The van der Waals surface area contributed by atoms with Gasteiger partial charge in [0.1, 0.15) is 0 Å². The van der Waals surface area contributed by atoms with Gasteiger partial charge in [-0.25, -0.2) is 4.79 Å². The molecule has 0 fully saturated rings. The number of para-hydroxylation sites is 1. The molecule has 0 atom stereocenters. The number of nitro groups is 1. The van der Waals surface area contributed by atoms with Gasteiger partial charge in [-0.15, -0.1) is 0 Å². The van der Waals surface area contributed by atoms with Crippen LogP contribution >= 0.6 is 0 Å². The Hall–Kier alpha value is -3.94. The van der Waals surface area contributed by atoms with E-state index in [0.717, 1.165) is 0 Å². The molecular weight excluding hydrogens is 376 g/mol. The maximum absolute atomic E-state index is 13.1. The van der Waals surface area contributed by atoms with Gasteiger partial charge in [-0.2, -0.15) is 0 Å². The standard InChI is InChI=1S/C21H18N2O6/c1-13-19(21(25)29-3)16(20(24)22(13)15-7-5-4-6-8-15)11-14-9-10-18(28-2)17(12-14)23(26)27/h4-12H,1-3H3/b16-11-. The molecule has 1 heterocycles. The van der Waals surface area contributed by atoms with E-state index in [4.69, 9.17) is 9.47 Å². The first-order valence-corrected chi connectivity index (χ1v) is 8.62. The topological polar surface area (TPSA) is 99.0 Å². The van der Waals surface area contributed by atoms with E-state index in [1.54, 1.807) is 37.3 Å². The van der Waals surface area contributed by atoms with Gasteiger partial charge in [0.05, 0.1) is 30.3 Å². The van der Waals surface area contributed by atoms with Gasteiger partial charge in [0.2, 0.25) is 0 Å². The number of amides is 1. The Morgan fingerprint density at radius 3 is 2.41 bits per heavy atom. The number of carbonyl (C=O) groups excluding carboxylic acids is 2. The molecule has 0 radical (unpaired) electrons. The molecule has 0 aliphatic carbocycles. The molecule has 3 rings (SSSR count). The Kier molecular flexibility index (Phi) is 5.45. The number of ether oxygens (including phenoxy) is 2. The second-order valence-corrected chi connectivity index (χ2v) is 6.17. The molecule has 8 heteroatoms. The van der Waals surface area contributed by atoms with E-state index in [0.29, 0.717) is 16.9 Å². The van der Waals surface area contributed by atoms with Crippen molar-refractivity contribution >= 4 is 29.3 Å². The molecule has 0 aromatic heterocycles. The van der Waals surface area contributed by atoms with Crippen molar-refractivity contribution in [3.63, 3.8) is 0 Å². The minimum atomic E-state index is -0.663. The highest BCUT2D eigenvalue weighted by Crippen LogP contribution is 2.36. The third-order valence-electron chi connectivity index (χ3n) is 4.51. The Labute approximate surface area is 166 Å². The van der Waals surface area contributed by atoms with Crippen LogP contribution in [0.15, 0.2) is 65.4 Å². The first kappa shape index (κ1) is 19.8. The van der Waals surface area contributed by atoms with Crippen molar-refractivity contribution in [3.8, 4) is 5.75 Å². The summed E-state index contributed by atoms with van der Waals surface area (Å²) in [6.45, 7) is 1.65. The number of nitrogens with zero attached hydrogens (tertiary/aromatic N) is 2. The Morgan fingerprint density at radius 1 is 1.14 bits per heavy atom. The van der Waals surface area contributed by atoms with E-state index in [1.807, 2.05) is 6.07 Å². The van der Waals surface area contributed by atoms with Gasteiger partial charge < -0.3 is 9.47 Å². The number of allylic oxidation sites excluding steroid dienone is 1. The predicted octanol–water partition coefficient (Wildman–Crippen LogP) is 3.48. The van der Waals surface area contributed by atoms with Crippen LogP contribution in [-0.4, -0.2) is 31.0 Å². The van der Waals surface area contributed by atoms with Gasteiger partial charge in [-0.05, 0) is 36.8 Å². The molecule has 1 aliphatic heterocycles. The predicted molar refractivity (Wildman–Crippen MR) is 106 cm³/mol. The number of nitro benzene ring substituents is 1. The normalized spacial score (nSPS) is 15.1. The number of carbonyl (C=O) groups is 2. The van der Waals surface area contributed by atoms with Crippen molar-refractivity contribution < 1.29 is 24.0 Å². The SMILES string of the molecule is COC(=O)C1=C(C)N(c2ccccc2)C(=O)/C1=C\c1ccc(OC)c([N+](=O)[O-])c1. The Bertz CT molecular complexity index is 1060. The summed E-state index contributed by atoms with van der Waals surface area (Å²) in [6.07, 6.45) is 1.44. The monoisotopic (exact) mass is 394 g/mol. The summed E-state index contributed by atoms with van der Waals surface area (Å²) in [5, 5.41) is 11.3. The number of anilines is 1. The summed E-state index contributed by atoms with van der Waals surface area (Å²) >= 11 is 0. The average molecular weight is 394 g/mol. The lowest BCUT2D eigenvalue weighted by molar-refractivity contribution is -0.385. The fourth-order valence-electron chi connectivity index (χ4n) is 3.17. The van der Waals surface area contributed by atoms with Crippen LogP contribution in [0.1, 0.15) is 12.5 Å². The molecule has 0 spiro atoms. The molecule has 0 bridgehead atoms. The molecule has 2 aromatic rings. The van der Waals surface area contributed by atoms with Crippen LogP contribution in [0.4, 0.5) is 11.4 Å². The Morgan fingerprint density at radius 2 is 1.83 bits per heavy atom. The van der Waals surface area contributed by atoms with Gasteiger partial charge in [0.15, 0.2) is 5.75 Å². The maximum Gasteiger partial charge on any atom is 0.340 e. The summed E-state index contributed by atoms with van der Waals surface area (Å²) in [6, 6.07) is 13.2. The van der Waals surface area contributed by atoms with Gasteiger partial charge >= 0.3 is 11.7 Å². The highest BCUT2D eigenvalue weighted by Gasteiger charge is 2.37. The molecule has 2 aromatic carbocycles. The molecule has 1 aliphatic rings.